The molecule has 0 bridgehead atoms. The van der Waals surface area contributed by atoms with Crippen molar-refractivity contribution in [1.82, 2.24) is 0 Å². The molecule has 0 aromatic heterocycles. The molecule has 0 saturated carbocycles. The maximum atomic E-state index is 3.61. The van der Waals surface area contributed by atoms with Crippen molar-refractivity contribution < 1.29 is 0 Å². The summed E-state index contributed by atoms with van der Waals surface area (Å²) in [6.07, 6.45) is 43.5. The van der Waals surface area contributed by atoms with Crippen LogP contribution in [-0.4, -0.2) is 13.1 Å². The third-order valence-electron chi connectivity index (χ3n) is 10.6. The molecule has 0 atom stereocenters. The first-order chi connectivity index (χ1) is 24.3. The van der Waals surface area contributed by atoms with Gasteiger partial charge in [0.15, 0.2) is 0 Å². The molecule has 0 spiro atoms. The van der Waals surface area contributed by atoms with Crippen LogP contribution in [-0.2, 0) is 12.8 Å². The number of anilines is 2. The first-order valence-corrected chi connectivity index (χ1v) is 22.0. The summed E-state index contributed by atoms with van der Waals surface area (Å²) >= 11 is 0. The van der Waals surface area contributed by atoms with Crippen LogP contribution in [0.3, 0.4) is 0 Å². The minimum atomic E-state index is 1.00. The number of hydrogen-bond acceptors (Lipinski definition) is 2. The van der Waals surface area contributed by atoms with Crippen molar-refractivity contribution in [2.75, 3.05) is 23.7 Å². The molecule has 0 saturated heterocycles. The van der Waals surface area contributed by atoms with Gasteiger partial charge in [-0.25, -0.2) is 0 Å². The molecular formula is C47H82N2. The van der Waals surface area contributed by atoms with E-state index in [-0.39, 0.29) is 0 Å². The standard InChI is InChI=1S/C47H82N2/c1-3-5-7-9-11-13-15-17-19-21-23-25-27-29-32-44-34-38-46(39-35-44)48-42-31-43-49-47-40-36-45(37-41-47)33-30-28-26-24-22-20-18-16-14-12-10-8-6-4-2/h34-41,48-49H,3-33,42-43H2,1-2H3. The Morgan fingerprint density at radius 1 is 0.286 bits per heavy atom. The largest absolute Gasteiger partial charge is 0.385 e. The zero-order valence-corrected chi connectivity index (χ0v) is 33.0. The van der Waals surface area contributed by atoms with Crippen LogP contribution >= 0.6 is 0 Å². The zero-order chi connectivity index (χ0) is 34.7. The number of nitrogens with one attached hydrogen (secondary N) is 2. The van der Waals surface area contributed by atoms with E-state index in [9.17, 15) is 0 Å². The quantitative estimate of drug-likeness (QED) is 0.0703. The fraction of sp³-hybridized carbons (Fsp3) is 0.745. The molecule has 0 unspecified atom stereocenters. The molecular weight excluding hydrogens is 593 g/mol. The van der Waals surface area contributed by atoms with Crippen LogP contribution in [0, 0.1) is 0 Å². The predicted octanol–water partition coefficient (Wildman–Crippen LogP) is 15.6. The number of rotatable bonds is 36. The van der Waals surface area contributed by atoms with Crippen LogP contribution in [0.5, 0.6) is 0 Å². The van der Waals surface area contributed by atoms with Gasteiger partial charge in [0.05, 0.1) is 0 Å². The molecule has 2 aromatic carbocycles. The van der Waals surface area contributed by atoms with Gasteiger partial charge in [0.2, 0.25) is 0 Å². The normalized spacial score (nSPS) is 11.3. The van der Waals surface area contributed by atoms with Gasteiger partial charge in [-0.05, 0) is 67.5 Å². The van der Waals surface area contributed by atoms with Gasteiger partial charge in [-0.15, -0.1) is 0 Å². The topological polar surface area (TPSA) is 24.1 Å². The van der Waals surface area contributed by atoms with Crippen molar-refractivity contribution in [3.05, 3.63) is 59.7 Å². The maximum absolute atomic E-state index is 3.61. The van der Waals surface area contributed by atoms with Gasteiger partial charge in [-0.3, -0.25) is 0 Å². The maximum Gasteiger partial charge on any atom is 0.0340 e. The highest BCUT2D eigenvalue weighted by atomic mass is 14.9. The Labute approximate surface area is 306 Å². The van der Waals surface area contributed by atoms with E-state index in [4.69, 9.17) is 0 Å². The van der Waals surface area contributed by atoms with E-state index < -0.39 is 0 Å². The number of hydrogen-bond donors (Lipinski definition) is 2. The summed E-state index contributed by atoms with van der Waals surface area (Å²) in [6, 6.07) is 18.4. The molecule has 49 heavy (non-hydrogen) atoms. The Hall–Kier alpha value is -1.96. The van der Waals surface area contributed by atoms with Crippen molar-refractivity contribution in [1.29, 1.82) is 0 Å². The smallest absolute Gasteiger partial charge is 0.0340 e. The Morgan fingerprint density at radius 2 is 0.531 bits per heavy atom. The van der Waals surface area contributed by atoms with Crippen molar-refractivity contribution in [2.24, 2.45) is 0 Å². The molecule has 2 rings (SSSR count). The molecule has 2 nitrogen and oxygen atoms in total. The second kappa shape index (κ2) is 33.2. The first kappa shape index (κ1) is 43.2. The lowest BCUT2D eigenvalue weighted by Gasteiger charge is -2.10. The summed E-state index contributed by atoms with van der Waals surface area (Å²) < 4.78 is 0. The van der Waals surface area contributed by atoms with Crippen LogP contribution in [0.2, 0.25) is 0 Å². The van der Waals surface area contributed by atoms with Crippen molar-refractivity contribution >= 4 is 11.4 Å². The lowest BCUT2D eigenvalue weighted by molar-refractivity contribution is 0.535. The molecule has 0 aliphatic carbocycles. The van der Waals surface area contributed by atoms with Crippen molar-refractivity contribution in [2.45, 2.75) is 213 Å². The molecule has 0 radical (unpaired) electrons. The summed E-state index contributed by atoms with van der Waals surface area (Å²) in [7, 11) is 0. The average Bonchev–Trinajstić information content (AvgIpc) is 3.13. The fourth-order valence-corrected chi connectivity index (χ4v) is 7.18. The molecule has 280 valence electrons. The SMILES string of the molecule is CCCCCCCCCCCCCCCCc1ccc(NCCCNc2ccc(CCCCCCCCCCCCCCCC)cc2)cc1. The predicted molar refractivity (Wildman–Crippen MR) is 223 cm³/mol. The second-order valence-electron chi connectivity index (χ2n) is 15.3. The van der Waals surface area contributed by atoms with Crippen LogP contribution in [0.25, 0.3) is 0 Å². The molecule has 2 heteroatoms. The minimum Gasteiger partial charge on any atom is -0.385 e. The van der Waals surface area contributed by atoms with E-state index in [2.05, 4.69) is 73.0 Å². The van der Waals surface area contributed by atoms with Crippen LogP contribution < -0.4 is 10.6 Å². The first-order valence-electron chi connectivity index (χ1n) is 22.0. The van der Waals surface area contributed by atoms with E-state index in [1.54, 1.807) is 0 Å². The molecule has 0 fully saturated rings. The Morgan fingerprint density at radius 3 is 0.796 bits per heavy atom. The number of unbranched alkanes of at least 4 members (excludes halogenated alkanes) is 26. The summed E-state index contributed by atoms with van der Waals surface area (Å²) in [5.74, 6) is 0. The third kappa shape index (κ3) is 26.5. The summed E-state index contributed by atoms with van der Waals surface area (Å²) in [6.45, 7) is 6.61. The lowest BCUT2D eigenvalue weighted by atomic mass is 10.0. The van der Waals surface area contributed by atoms with Gasteiger partial charge in [-0.2, -0.15) is 0 Å². The molecule has 0 aliphatic rings. The average molecular weight is 675 g/mol. The van der Waals surface area contributed by atoms with Gasteiger partial charge in [-0.1, -0.05) is 205 Å². The van der Waals surface area contributed by atoms with Gasteiger partial charge in [0.25, 0.3) is 0 Å². The highest BCUT2D eigenvalue weighted by Gasteiger charge is 2.00. The van der Waals surface area contributed by atoms with Gasteiger partial charge in [0.1, 0.15) is 0 Å². The number of benzene rings is 2. The second-order valence-corrected chi connectivity index (χ2v) is 15.3. The molecule has 2 aromatic rings. The van der Waals surface area contributed by atoms with E-state index >= 15 is 0 Å². The van der Waals surface area contributed by atoms with E-state index in [0.29, 0.717) is 0 Å². The minimum absolute atomic E-state index is 1.00. The van der Waals surface area contributed by atoms with E-state index in [0.717, 1.165) is 19.5 Å². The molecule has 2 N–H and O–H groups in total. The number of aryl methyl sites for hydroxylation is 2. The van der Waals surface area contributed by atoms with Crippen LogP contribution in [0.4, 0.5) is 11.4 Å². The zero-order valence-electron chi connectivity index (χ0n) is 33.0. The molecule has 0 amide bonds. The van der Waals surface area contributed by atoms with Crippen molar-refractivity contribution in [3.8, 4) is 0 Å². The Kier molecular flexibility index (Phi) is 29.3. The summed E-state index contributed by atoms with van der Waals surface area (Å²) in [5, 5.41) is 7.21. The Bertz CT molecular complexity index is 856. The highest BCUT2D eigenvalue weighted by Crippen LogP contribution is 2.17. The van der Waals surface area contributed by atoms with Gasteiger partial charge < -0.3 is 10.6 Å². The lowest BCUT2D eigenvalue weighted by Crippen LogP contribution is -2.09. The monoisotopic (exact) mass is 675 g/mol. The van der Waals surface area contributed by atoms with Gasteiger partial charge >= 0.3 is 0 Å². The Balaban J connectivity index is 1.36. The van der Waals surface area contributed by atoms with Crippen LogP contribution in [0.15, 0.2) is 48.5 Å². The highest BCUT2D eigenvalue weighted by molar-refractivity contribution is 5.45. The molecule has 0 heterocycles. The van der Waals surface area contributed by atoms with Gasteiger partial charge in [0, 0.05) is 24.5 Å². The molecule has 0 aliphatic heterocycles. The third-order valence-corrected chi connectivity index (χ3v) is 10.6. The van der Waals surface area contributed by atoms with E-state index in [1.807, 2.05) is 0 Å². The van der Waals surface area contributed by atoms with Crippen LogP contribution in [0.1, 0.15) is 211 Å². The van der Waals surface area contributed by atoms with E-state index in [1.165, 1.54) is 215 Å². The summed E-state index contributed by atoms with van der Waals surface area (Å²) in [4.78, 5) is 0. The summed E-state index contributed by atoms with van der Waals surface area (Å²) in [5.41, 5.74) is 5.47. The van der Waals surface area contributed by atoms with Crippen molar-refractivity contribution in [3.63, 3.8) is 0 Å². The fourth-order valence-electron chi connectivity index (χ4n) is 7.18.